The number of hydrogen-bond acceptors (Lipinski definition) is 6. The summed E-state index contributed by atoms with van der Waals surface area (Å²) in [5.41, 5.74) is 0.198. The van der Waals surface area contributed by atoms with Gasteiger partial charge in [-0.25, -0.2) is 8.42 Å². The van der Waals surface area contributed by atoms with Gasteiger partial charge in [0.15, 0.2) is 0 Å². The Bertz CT molecular complexity index is 893. The van der Waals surface area contributed by atoms with Crippen molar-refractivity contribution in [1.29, 1.82) is 0 Å². The Labute approximate surface area is 144 Å². The largest absolute Gasteiger partial charge is 0.506 e. The van der Waals surface area contributed by atoms with Crippen LogP contribution in [0.4, 0.5) is 5.69 Å². The first-order valence-electron chi connectivity index (χ1n) is 7.05. The van der Waals surface area contributed by atoms with Crippen molar-refractivity contribution in [2.45, 2.75) is 11.3 Å². The third kappa shape index (κ3) is 4.32. The number of phenolic OH excluding ortho intramolecular Hbond substituents is 1. The second kappa shape index (κ2) is 7.31. The number of aromatic hydroxyl groups is 1. The van der Waals surface area contributed by atoms with Gasteiger partial charge in [-0.2, -0.15) is 0 Å². The Morgan fingerprint density at radius 3 is 2.44 bits per heavy atom. The van der Waals surface area contributed by atoms with Crippen LogP contribution in [0, 0.1) is 0 Å². The predicted octanol–water partition coefficient (Wildman–Crippen LogP) is 1.84. The van der Waals surface area contributed by atoms with Crippen LogP contribution >= 0.6 is 0 Å². The molecule has 25 heavy (non-hydrogen) atoms. The average Bonchev–Trinajstić information content (AvgIpc) is 2.56. The Kier molecular flexibility index (Phi) is 5.38. The lowest BCUT2D eigenvalue weighted by atomic mass is 10.1. The van der Waals surface area contributed by atoms with Gasteiger partial charge in [0.2, 0.25) is 0 Å². The standard InChI is InChI=1S/C16H17NO7S/c1-23-11-4-6-14(24-2)15(9-11)25(21,22)17-12-7-10(8-16(19)20)3-5-13(12)18/h3-7,9,17-18H,8H2,1-2H3,(H,19,20). The molecular formula is C16H17NO7S. The molecule has 8 nitrogen and oxygen atoms in total. The molecule has 0 atom stereocenters. The highest BCUT2D eigenvalue weighted by molar-refractivity contribution is 7.92. The fraction of sp³-hybridized carbons (Fsp3) is 0.188. The number of carboxylic acid groups (broad SMARTS) is 1. The van der Waals surface area contributed by atoms with Gasteiger partial charge < -0.3 is 19.7 Å². The van der Waals surface area contributed by atoms with Crippen LogP contribution in [0.25, 0.3) is 0 Å². The number of carbonyl (C=O) groups is 1. The maximum absolute atomic E-state index is 12.7. The number of nitrogens with one attached hydrogen (secondary N) is 1. The summed E-state index contributed by atoms with van der Waals surface area (Å²) in [5, 5.41) is 18.7. The molecule has 0 bridgehead atoms. The number of carboxylic acids is 1. The highest BCUT2D eigenvalue weighted by Crippen LogP contribution is 2.32. The smallest absolute Gasteiger partial charge is 0.307 e. The molecular weight excluding hydrogens is 350 g/mol. The molecule has 0 spiro atoms. The Morgan fingerprint density at radius 2 is 1.84 bits per heavy atom. The zero-order valence-corrected chi connectivity index (χ0v) is 14.3. The number of aliphatic carboxylic acids is 1. The maximum atomic E-state index is 12.7. The summed E-state index contributed by atoms with van der Waals surface area (Å²) in [6, 6.07) is 8.14. The van der Waals surface area contributed by atoms with Crippen molar-refractivity contribution in [2.75, 3.05) is 18.9 Å². The first kappa shape index (κ1) is 18.4. The van der Waals surface area contributed by atoms with Gasteiger partial charge in [-0.3, -0.25) is 9.52 Å². The second-order valence-electron chi connectivity index (χ2n) is 5.04. The monoisotopic (exact) mass is 367 g/mol. The van der Waals surface area contributed by atoms with Crippen LogP contribution in [0.15, 0.2) is 41.3 Å². The summed E-state index contributed by atoms with van der Waals surface area (Å²) < 4.78 is 37.6. The van der Waals surface area contributed by atoms with E-state index in [2.05, 4.69) is 4.72 Å². The minimum Gasteiger partial charge on any atom is -0.506 e. The molecule has 0 amide bonds. The van der Waals surface area contributed by atoms with Gasteiger partial charge in [0.25, 0.3) is 10.0 Å². The normalized spacial score (nSPS) is 11.0. The van der Waals surface area contributed by atoms with Crippen molar-refractivity contribution >= 4 is 21.7 Å². The Morgan fingerprint density at radius 1 is 1.12 bits per heavy atom. The third-order valence-electron chi connectivity index (χ3n) is 3.32. The molecule has 0 fully saturated rings. The summed E-state index contributed by atoms with van der Waals surface area (Å²) >= 11 is 0. The fourth-order valence-electron chi connectivity index (χ4n) is 2.14. The number of ether oxygens (including phenoxy) is 2. The lowest BCUT2D eigenvalue weighted by molar-refractivity contribution is -0.136. The molecule has 0 aromatic heterocycles. The molecule has 134 valence electrons. The van der Waals surface area contributed by atoms with Crippen LogP contribution in [0.5, 0.6) is 17.2 Å². The van der Waals surface area contributed by atoms with Crippen LogP contribution in [-0.4, -0.2) is 38.8 Å². The molecule has 0 radical (unpaired) electrons. The van der Waals surface area contributed by atoms with E-state index in [0.29, 0.717) is 11.3 Å². The molecule has 0 aliphatic heterocycles. The van der Waals surface area contributed by atoms with E-state index in [1.54, 1.807) is 6.07 Å². The predicted molar refractivity (Wildman–Crippen MR) is 89.8 cm³/mol. The molecule has 0 saturated carbocycles. The molecule has 0 aliphatic carbocycles. The van der Waals surface area contributed by atoms with E-state index in [9.17, 15) is 18.3 Å². The van der Waals surface area contributed by atoms with Gasteiger partial charge >= 0.3 is 5.97 Å². The number of hydrogen-bond donors (Lipinski definition) is 3. The van der Waals surface area contributed by atoms with Gasteiger partial charge in [-0.05, 0) is 29.8 Å². The van der Waals surface area contributed by atoms with Gasteiger partial charge in [-0.1, -0.05) is 6.07 Å². The van der Waals surface area contributed by atoms with Crippen LogP contribution in [0.3, 0.4) is 0 Å². The summed E-state index contributed by atoms with van der Waals surface area (Å²) in [6.45, 7) is 0. The Hall–Kier alpha value is -2.94. The number of phenols is 1. The summed E-state index contributed by atoms with van der Waals surface area (Å²) in [7, 11) is -1.40. The van der Waals surface area contributed by atoms with E-state index >= 15 is 0 Å². The molecule has 3 N–H and O–H groups in total. The lowest BCUT2D eigenvalue weighted by Crippen LogP contribution is -2.14. The number of methoxy groups -OCH3 is 2. The van der Waals surface area contributed by atoms with E-state index in [1.165, 1.54) is 44.6 Å². The number of rotatable bonds is 7. The summed E-state index contributed by atoms with van der Waals surface area (Å²) in [4.78, 5) is 10.6. The van der Waals surface area contributed by atoms with Crippen LogP contribution < -0.4 is 14.2 Å². The highest BCUT2D eigenvalue weighted by atomic mass is 32.2. The molecule has 2 aromatic rings. The quantitative estimate of drug-likeness (QED) is 0.638. The number of benzene rings is 2. The topological polar surface area (TPSA) is 122 Å². The molecule has 2 aromatic carbocycles. The maximum Gasteiger partial charge on any atom is 0.307 e. The van der Waals surface area contributed by atoms with E-state index < -0.39 is 16.0 Å². The van der Waals surface area contributed by atoms with Crippen LogP contribution in [0.2, 0.25) is 0 Å². The minimum atomic E-state index is -4.12. The van der Waals surface area contributed by atoms with Crippen molar-refractivity contribution in [1.82, 2.24) is 0 Å². The molecule has 0 aliphatic rings. The van der Waals surface area contributed by atoms with Crippen molar-refractivity contribution in [3.8, 4) is 17.2 Å². The zero-order valence-electron chi connectivity index (χ0n) is 13.5. The Balaban J connectivity index is 2.44. The van der Waals surface area contributed by atoms with E-state index in [0.717, 1.165) is 0 Å². The lowest BCUT2D eigenvalue weighted by Gasteiger charge is -2.14. The summed E-state index contributed by atoms with van der Waals surface area (Å²) in [6.07, 6.45) is -0.308. The number of sulfonamides is 1. The zero-order chi connectivity index (χ0) is 18.6. The minimum absolute atomic E-state index is 0.0921. The van der Waals surface area contributed by atoms with Crippen molar-refractivity contribution in [3.63, 3.8) is 0 Å². The van der Waals surface area contributed by atoms with Gasteiger partial charge in [0.05, 0.1) is 26.3 Å². The van der Waals surface area contributed by atoms with E-state index in [-0.39, 0.29) is 28.5 Å². The average molecular weight is 367 g/mol. The fourth-order valence-corrected chi connectivity index (χ4v) is 3.39. The first-order valence-corrected chi connectivity index (χ1v) is 8.53. The van der Waals surface area contributed by atoms with Crippen molar-refractivity contribution < 1.29 is 32.9 Å². The van der Waals surface area contributed by atoms with Gasteiger partial charge in [0.1, 0.15) is 22.1 Å². The number of anilines is 1. The molecule has 0 heterocycles. The van der Waals surface area contributed by atoms with Crippen LogP contribution in [-0.2, 0) is 21.2 Å². The van der Waals surface area contributed by atoms with E-state index in [4.69, 9.17) is 14.6 Å². The first-order chi connectivity index (χ1) is 11.8. The van der Waals surface area contributed by atoms with Gasteiger partial charge in [0, 0.05) is 6.07 Å². The molecule has 0 saturated heterocycles. The molecule has 0 unspecified atom stereocenters. The van der Waals surface area contributed by atoms with Crippen molar-refractivity contribution in [3.05, 3.63) is 42.0 Å². The van der Waals surface area contributed by atoms with E-state index in [1.807, 2.05) is 0 Å². The third-order valence-corrected chi connectivity index (χ3v) is 4.71. The molecule has 2 rings (SSSR count). The van der Waals surface area contributed by atoms with Crippen molar-refractivity contribution in [2.24, 2.45) is 0 Å². The second-order valence-corrected chi connectivity index (χ2v) is 6.70. The van der Waals surface area contributed by atoms with Gasteiger partial charge in [-0.15, -0.1) is 0 Å². The summed E-state index contributed by atoms with van der Waals surface area (Å²) in [5.74, 6) is -1.01. The SMILES string of the molecule is COc1ccc(OC)c(S(=O)(=O)Nc2cc(CC(=O)O)ccc2O)c1. The highest BCUT2D eigenvalue weighted by Gasteiger charge is 2.22. The molecule has 9 heteroatoms. The van der Waals surface area contributed by atoms with Crippen LogP contribution in [0.1, 0.15) is 5.56 Å².